The van der Waals surface area contributed by atoms with Gasteiger partial charge in [0.1, 0.15) is 0 Å². The zero-order valence-corrected chi connectivity index (χ0v) is 11.5. The molecular weight excluding hydrogens is 262 g/mol. The van der Waals surface area contributed by atoms with Gasteiger partial charge in [-0.1, -0.05) is 5.16 Å². The predicted molar refractivity (Wildman–Crippen MR) is 71.9 cm³/mol. The average Bonchev–Trinajstić information content (AvgIpc) is 2.76. The Balaban J connectivity index is 1.72. The number of anilines is 1. The van der Waals surface area contributed by atoms with Crippen LogP contribution in [-0.4, -0.2) is 66.0 Å². The normalized spacial score (nSPS) is 17.1. The SMILES string of the molecule is Cc1cc(NC(=O)CN2CCN(CC(N)=O)CC2)on1. The summed E-state index contributed by atoms with van der Waals surface area (Å²) in [4.78, 5) is 26.6. The molecule has 0 unspecified atom stereocenters. The van der Waals surface area contributed by atoms with Gasteiger partial charge in [0, 0.05) is 32.2 Å². The third kappa shape index (κ3) is 4.32. The van der Waals surface area contributed by atoms with Crippen LogP contribution < -0.4 is 11.1 Å². The Bertz CT molecular complexity index is 479. The van der Waals surface area contributed by atoms with Crippen LogP contribution >= 0.6 is 0 Å². The van der Waals surface area contributed by atoms with Crippen LogP contribution in [0.2, 0.25) is 0 Å². The van der Waals surface area contributed by atoms with Gasteiger partial charge in [0.15, 0.2) is 0 Å². The van der Waals surface area contributed by atoms with Gasteiger partial charge in [-0.3, -0.25) is 24.7 Å². The Kier molecular flexibility index (Phi) is 4.70. The summed E-state index contributed by atoms with van der Waals surface area (Å²) in [6.07, 6.45) is 0. The minimum Gasteiger partial charge on any atom is -0.369 e. The summed E-state index contributed by atoms with van der Waals surface area (Å²) in [5.41, 5.74) is 5.87. The van der Waals surface area contributed by atoms with Gasteiger partial charge in [-0.25, -0.2) is 0 Å². The van der Waals surface area contributed by atoms with E-state index in [1.165, 1.54) is 0 Å². The van der Waals surface area contributed by atoms with E-state index in [2.05, 4.69) is 10.5 Å². The minimum absolute atomic E-state index is 0.135. The number of carbonyl (C=O) groups is 2. The number of aryl methyl sites for hydroxylation is 1. The van der Waals surface area contributed by atoms with E-state index in [4.69, 9.17) is 10.3 Å². The van der Waals surface area contributed by atoms with Gasteiger partial charge in [0.2, 0.25) is 17.7 Å². The highest BCUT2D eigenvalue weighted by atomic mass is 16.5. The fraction of sp³-hybridized carbons (Fsp3) is 0.583. The number of rotatable bonds is 5. The summed E-state index contributed by atoms with van der Waals surface area (Å²) in [5, 5.41) is 6.36. The second kappa shape index (κ2) is 6.49. The van der Waals surface area contributed by atoms with Crippen molar-refractivity contribution in [2.75, 3.05) is 44.6 Å². The molecule has 0 saturated carbocycles. The van der Waals surface area contributed by atoms with Crippen molar-refractivity contribution in [3.63, 3.8) is 0 Å². The van der Waals surface area contributed by atoms with Gasteiger partial charge in [0.05, 0.1) is 18.8 Å². The van der Waals surface area contributed by atoms with Gasteiger partial charge in [-0.15, -0.1) is 0 Å². The largest absolute Gasteiger partial charge is 0.369 e. The van der Waals surface area contributed by atoms with Gasteiger partial charge in [-0.05, 0) is 6.92 Å². The number of primary amides is 1. The lowest BCUT2D eigenvalue weighted by Crippen LogP contribution is -2.50. The molecule has 8 heteroatoms. The molecule has 110 valence electrons. The van der Waals surface area contributed by atoms with E-state index in [1.54, 1.807) is 13.0 Å². The molecule has 1 fully saturated rings. The maximum absolute atomic E-state index is 11.8. The lowest BCUT2D eigenvalue weighted by molar-refractivity contribution is -0.121. The quantitative estimate of drug-likeness (QED) is 0.719. The zero-order chi connectivity index (χ0) is 14.5. The zero-order valence-electron chi connectivity index (χ0n) is 11.5. The Morgan fingerprint density at radius 3 is 2.40 bits per heavy atom. The van der Waals surface area contributed by atoms with E-state index in [-0.39, 0.29) is 18.4 Å². The molecule has 1 aromatic rings. The molecule has 3 N–H and O–H groups in total. The molecule has 1 aromatic heterocycles. The van der Waals surface area contributed by atoms with E-state index in [9.17, 15) is 9.59 Å². The Hall–Kier alpha value is -1.93. The fourth-order valence-corrected chi connectivity index (χ4v) is 2.13. The summed E-state index contributed by atoms with van der Waals surface area (Å²) in [5.74, 6) is -0.0961. The molecule has 0 spiro atoms. The molecule has 2 amide bonds. The third-order valence-electron chi connectivity index (χ3n) is 3.10. The fourth-order valence-electron chi connectivity index (χ4n) is 2.13. The molecular formula is C12H19N5O3. The molecule has 0 bridgehead atoms. The standard InChI is InChI=1S/C12H19N5O3/c1-9-6-12(20-15-9)14-11(19)8-17-4-2-16(3-5-17)7-10(13)18/h6H,2-5,7-8H2,1H3,(H2,13,18)(H,14,19). The molecule has 2 heterocycles. The number of piperazine rings is 1. The van der Waals surface area contributed by atoms with E-state index < -0.39 is 0 Å². The maximum atomic E-state index is 11.8. The van der Waals surface area contributed by atoms with E-state index in [0.29, 0.717) is 12.4 Å². The highest BCUT2D eigenvalue weighted by Gasteiger charge is 2.20. The number of nitrogens with two attached hydrogens (primary N) is 1. The molecule has 1 saturated heterocycles. The summed E-state index contributed by atoms with van der Waals surface area (Å²) in [7, 11) is 0. The second-order valence-electron chi connectivity index (χ2n) is 4.90. The highest BCUT2D eigenvalue weighted by Crippen LogP contribution is 2.08. The van der Waals surface area contributed by atoms with Crippen molar-refractivity contribution >= 4 is 17.7 Å². The minimum atomic E-state index is -0.322. The topological polar surface area (TPSA) is 105 Å². The van der Waals surface area contributed by atoms with Crippen LogP contribution in [0.15, 0.2) is 10.6 Å². The lowest BCUT2D eigenvalue weighted by atomic mass is 10.3. The molecule has 0 atom stereocenters. The van der Waals surface area contributed by atoms with Crippen molar-refractivity contribution in [2.24, 2.45) is 5.73 Å². The molecule has 2 rings (SSSR count). The number of nitrogens with zero attached hydrogens (tertiary/aromatic N) is 3. The summed E-state index contributed by atoms with van der Waals surface area (Å²) < 4.78 is 4.92. The molecule has 1 aliphatic heterocycles. The molecule has 0 aromatic carbocycles. The summed E-state index contributed by atoms with van der Waals surface area (Å²) >= 11 is 0. The monoisotopic (exact) mass is 281 g/mol. The van der Waals surface area contributed by atoms with Crippen molar-refractivity contribution in [3.8, 4) is 0 Å². The Morgan fingerprint density at radius 2 is 1.90 bits per heavy atom. The molecule has 8 nitrogen and oxygen atoms in total. The molecule has 20 heavy (non-hydrogen) atoms. The van der Waals surface area contributed by atoms with Crippen LogP contribution in [-0.2, 0) is 9.59 Å². The number of carbonyl (C=O) groups excluding carboxylic acids is 2. The number of nitrogens with one attached hydrogen (secondary N) is 1. The lowest BCUT2D eigenvalue weighted by Gasteiger charge is -2.33. The first kappa shape index (κ1) is 14.5. The first-order valence-electron chi connectivity index (χ1n) is 6.49. The number of aromatic nitrogens is 1. The van der Waals surface area contributed by atoms with E-state index in [1.807, 2.05) is 9.80 Å². The van der Waals surface area contributed by atoms with E-state index >= 15 is 0 Å². The smallest absolute Gasteiger partial charge is 0.240 e. The van der Waals surface area contributed by atoms with Crippen molar-refractivity contribution in [1.29, 1.82) is 0 Å². The van der Waals surface area contributed by atoms with Crippen molar-refractivity contribution in [3.05, 3.63) is 11.8 Å². The number of amides is 2. The van der Waals surface area contributed by atoms with Crippen molar-refractivity contribution in [2.45, 2.75) is 6.92 Å². The van der Waals surface area contributed by atoms with Crippen LogP contribution in [0.1, 0.15) is 5.69 Å². The van der Waals surface area contributed by atoms with Crippen LogP contribution in [0, 0.1) is 6.92 Å². The van der Waals surface area contributed by atoms with Crippen LogP contribution in [0.3, 0.4) is 0 Å². The highest BCUT2D eigenvalue weighted by molar-refractivity contribution is 5.90. The van der Waals surface area contributed by atoms with Gasteiger partial charge < -0.3 is 10.3 Å². The number of hydrogen-bond acceptors (Lipinski definition) is 6. The summed E-state index contributed by atoms with van der Waals surface area (Å²) in [6.45, 7) is 5.29. The molecule has 1 aliphatic rings. The molecule has 0 radical (unpaired) electrons. The van der Waals surface area contributed by atoms with Gasteiger partial charge >= 0.3 is 0 Å². The van der Waals surface area contributed by atoms with Crippen LogP contribution in [0.5, 0.6) is 0 Å². The second-order valence-corrected chi connectivity index (χ2v) is 4.90. The summed E-state index contributed by atoms with van der Waals surface area (Å²) in [6, 6.07) is 1.67. The van der Waals surface area contributed by atoms with Crippen molar-refractivity contribution < 1.29 is 14.1 Å². The number of hydrogen-bond donors (Lipinski definition) is 2. The Morgan fingerprint density at radius 1 is 1.30 bits per heavy atom. The maximum Gasteiger partial charge on any atom is 0.240 e. The Labute approximate surface area is 116 Å². The first-order chi connectivity index (χ1) is 9.52. The van der Waals surface area contributed by atoms with Crippen LogP contribution in [0.25, 0.3) is 0 Å². The van der Waals surface area contributed by atoms with E-state index in [0.717, 1.165) is 31.9 Å². The first-order valence-corrected chi connectivity index (χ1v) is 6.49. The predicted octanol–water partition coefficient (Wildman–Crippen LogP) is -0.976. The van der Waals surface area contributed by atoms with Gasteiger partial charge in [-0.2, -0.15) is 0 Å². The average molecular weight is 281 g/mol. The van der Waals surface area contributed by atoms with Crippen molar-refractivity contribution in [1.82, 2.24) is 15.0 Å². The molecule has 0 aliphatic carbocycles. The van der Waals surface area contributed by atoms with Gasteiger partial charge in [0.25, 0.3) is 0 Å². The van der Waals surface area contributed by atoms with Crippen LogP contribution in [0.4, 0.5) is 5.88 Å². The third-order valence-corrected chi connectivity index (χ3v) is 3.10.